The Morgan fingerprint density at radius 1 is 1.45 bits per heavy atom. The fourth-order valence-corrected chi connectivity index (χ4v) is 4.19. The summed E-state index contributed by atoms with van der Waals surface area (Å²) in [5, 5.41) is 7.55. The van der Waals surface area contributed by atoms with Crippen LogP contribution < -0.4 is 0 Å². The number of hydrogen-bond acceptors (Lipinski definition) is 6. The topological polar surface area (TPSA) is 93.4 Å². The number of carbonyl (C=O) groups excluding carboxylic acids is 1. The minimum absolute atomic E-state index is 0.0644. The molecule has 0 bridgehead atoms. The van der Waals surface area contributed by atoms with E-state index in [1.165, 1.54) is 0 Å². The van der Waals surface area contributed by atoms with Gasteiger partial charge in [0.05, 0.1) is 11.5 Å². The van der Waals surface area contributed by atoms with Crippen molar-refractivity contribution in [2.24, 2.45) is 0 Å². The molecule has 0 spiro atoms. The zero-order chi connectivity index (χ0) is 14.8. The van der Waals surface area contributed by atoms with E-state index < -0.39 is 9.84 Å². The standard InChI is InChI=1S/C12H19N3O4S/c1-3-15(10-6-7-20(17,18)8-10)12(16)5-4-11-14-13-9(2)19-11/h10H,3-8H2,1-2H3. The Labute approximate surface area is 118 Å². The SMILES string of the molecule is CCN(C(=O)CCc1nnc(C)o1)C1CCS(=O)(=O)C1. The van der Waals surface area contributed by atoms with Gasteiger partial charge in [-0.05, 0) is 13.3 Å². The zero-order valence-corrected chi connectivity index (χ0v) is 12.5. The molecule has 1 fully saturated rings. The molecule has 0 aromatic carbocycles. The highest BCUT2D eigenvalue weighted by molar-refractivity contribution is 7.91. The first-order valence-corrected chi connectivity index (χ1v) is 8.52. The Morgan fingerprint density at radius 3 is 2.70 bits per heavy atom. The molecule has 0 radical (unpaired) electrons. The van der Waals surface area contributed by atoms with Crippen LogP contribution in [-0.2, 0) is 21.1 Å². The summed E-state index contributed by atoms with van der Waals surface area (Å²) in [6.07, 6.45) is 1.17. The Bertz CT molecular complexity index is 581. The molecule has 1 amide bonds. The monoisotopic (exact) mass is 301 g/mol. The summed E-state index contributed by atoms with van der Waals surface area (Å²) in [7, 11) is -2.98. The molecule has 8 heteroatoms. The normalized spacial score (nSPS) is 21.0. The van der Waals surface area contributed by atoms with E-state index in [1.54, 1.807) is 11.8 Å². The van der Waals surface area contributed by atoms with Crippen LogP contribution in [0.5, 0.6) is 0 Å². The molecule has 0 N–H and O–H groups in total. The second kappa shape index (κ2) is 5.90. The van der Waals surface area contributed by atoms with Crippen molar-refractivity contribution in [2.75, 3.05) is 18.1 Å². The van der Waals surface area contributed by atoms with Crippen molar-refractivity contribution in [3.63, 3.8) is 0 Å². The quantitative estimate of drug-likeness (QED) is 0.779. The van der Waals surface area contributed by atoms with Gasteiger partial charge < -0.3 is 9.32 Å². The van der Waals surface area contributed by atoms with Gasteiger partial charge in [0, 0.05) is 32.4 Å². The highest BCUT2D eigenvalue weighted by Gasteiger charge is 2.33. The molecular weight excluding hydrogens is 282 g/mol. The van der Waals surface area contributed by atoms with E-state index in [-0.39, 0.29) is 29.9 Å². The number of rotatable bonds is 5. The van der Waals surface area contributed by atoms with E-state index in [9.17, 15) is 13.2 Å². The first kappa shape index (κ1) is 15.0. The van der Waals surface area contributed by atoms with Crippen LogP contribution in [0.1, 0.15) is 31.5 Å². The Hall–Kier alpha value is -1.44. The van der Waals surface area contributed by atoms with Gasteiger partial charge in [0.1, 0.15) is 0 Å². The number of sulfone groups is 1. The van der Waals surface area contributed by atoms with Gasteiger partial charge in [-0.1, -0.05) is 0 Å². The lowest BCUT2D eigenvalue weighted by Gasteiger charge is -2.26. The van der Waals surface area contributed by atoms with Gasteiger partial charge in [0.2, 0.25) is 17.7 Å². The third kappa shape index (κ3) is 3.56. The number of aromatic nitrogens is 2. The minimum atomic E-state index is -2.98. The predicted molar refractivity (Wildman–Crippen MR) is 71.8 cm³/mol. The smallest absolute Gasteiger partial charge is 0.223 e. The molecular formula is C12H19N3O4S. The fourth-order valence-electron chi connectivity index (χ4n) is 2.46. The molecule has 112 valence electrons. The molecule has 7 nitrogen and oxygen atoms in total. The lowest BCUT2D eigenvalue weighted by atomic mass is 10.2. The van der Waals surface area contributed by atoms with Crippen molar-refractivity contribution in [2.45, 2.75) is 39.2 Å². The van der Waals surface area contributed by atoms with Crippen molar-refractivity contribution in [1.29, 1.82) is 0 Å². The first-order valence-electron chi connectivity index (χ1n) is 6.70. The molecule has 1 aliphatic rings. The second-order valence-electron chi connectivity index (χ2n) is 4.95. The minimum Gasteiger partial charge on any atom is -0.426 e. The number of aryl methyl sites for hydroxylation is 2. The Kier molecular flexibility index (Phi) is 4.42. The largest absolute Gasteiger partial charge is 0.426 e. The fraction of sp³-hybridized carbons (Fsp3) is 0.750. The number of hydrogen-bond donors (Lipinski definition) is 0. The maximum atomic E-state index is 12.2. The highest BCUT2D eigenvalue weighted by atomic mass is 32.2. The highest BCUT2D eigenvalue weighted by Crippen LogP contribution is 2.18. The molecule has 1 aromatic rings. The van der Waals surface area contributed by atoms with Crippen molar-refractivity contribution in [1.82, 2.24) is 15.1 Å². The summed E-state index contributed by atoms with van der Waals surface area (Å²) in [6.45, 7) is 4.07. The lowest BCUT2D eigenvalue weighted by Crippen LogP contribution is -2.41. The molecule has 20 heavy (non-hydrogen) atoms. The molecule has 1 atom stereocenters. The average Bonchev–Trinajstić information content (AvgIpc) is 2.94. The first-order chi connectivity index (χ1) is 9.41. The number of amides is 1. The second-order valence-corrected chi connectivity index (χ2v) is 7.18. The molecule has 2 heterocycles. The third-order valence-electron chi connectivity index (χ3n) is 3.43. The van der Waals surface area contributed by atoms with Crippen molar-refractivity contribution in [3.05, 3.63) is 11.8 Å². The van der Waals surface area contributed by atoms with Crippen LogP contribution in [0.2, 0.25) is 0 Å². The van der Waals surface area contributed by atoms with Crippen LogP contribution in [0.3, 0.4) is 0 Å². The van der Waals surface area contributed by atoms with Crippen LogP contribution >= 0.6 is 0 Å². The summed E-state index contributed by atoms with van der Waals surface area (Å²) in [5.74, 6) is 1.09. The summed E-state index contributed by atoms with van der Waals surface area (Å²) in [6, 6.07) is -0.193. The molecule has 1 saturated heterocycles. The van der Waals surface area contributed by atoms with Gasteiger partial charge in [-0.25, -0.2) is 8.42 Å². The zero-order valence-electron chi connectivity index (χ0n) is 11.7. The Balaban J connectivity index is 1.92. The van der Waals surface area contributed by atoms with E-state index in [4.69, 9.17) is 4.42 Å². The van der Waals surface area contributed by atoms with Gasteiger partial charge in [-0.3, -0.25) is 4.79 Å². The van der Waals surface area contributed by atoms with E-state index in [1.807, 2.05) is 6.92 Å². The molecule has 1 aliphatic heterocycles. The van der Waals surface area contributed by atoms with E-state index in [0.29, 0.717) is 31.2 Å². The van der Waals surface area contributed by atoms with Crippen molar-refractivity contribution >= 4 is 15.7 Å². The van der Waals surface area contributed by atoms with Crippen LogP contribution in [0, 0.1) is 6.92 Å². The van der Waals surface area contributed by atoms with Crippen LogP contribution in [-0.4, -0.2) is 53.5 Å². The van der Waals surface area contributed by atoms with Crippen LogP contribution in [0.25, 0.3) is 0 Å². The van der Waals surface area contributed by atoms with Gasteiger partial charge in [0.15, 0.2) is 9.84 Å². The van der Waals surface area contributed by atoms with Gasteiger partial charge >= 0.3 is 0 Å². The molecule has 0 aliphatic carbocycles. The van der Waals surface area contributed by atoms with Crippen LogP contribution in [0.4, 0.5) is 0 Å². The van der Waals surface area contributed by atoms with E-state index in [2.05, 4.69) is 10.2 Å². The molecule has 1 unspecified atom stereocenters. The summed E-state index contributed by atoms with van der Waals surface area (Å²) >= 11 is 0. The third-order valence-corrected chi connectivity index (χ3v) is 5.18. The maximum absolute atomic E-state index is 12.2. The van der Waals surface area contributed by atoms with Crippen LogP contribution in [0.15, 0.2) is 4.42 Å². The summed E-state index contributed by atoms with van der Waals surface area (Å²) in [4.78, 5) is 13.8. The van der Waals surface area contributed by atoms with E-state index in [0.717, 1.165) is 0 Å². The molecule has 0 saturated carbocycles. The van der Waals surface area contributed by atoms with E-state index >= 15 is 0 Å². The predicted octanol–water partition coefficient (Wildman–Crippen LogP) is 0.346. The van der Waals surface area contributed by atoms with Gasteiger partial charge in [-0.15, -0.1) is 10.2 Å². The summed E-state index contributed by atoms with van der Waals surface area (Å²) in [5.41, 5.74) is 0. The lowest BCUT2D eigenvalue weighted by molar-refractivity contribution is -0.132. The maximum Gasteiger partial charge on any atom is 0.223 e. The molecule has 1 aromatic heterocycles. The number of carbonyl (C=O) groups is 1. The average molecular weight is 301 g/mol. The van der Waals surface area contributed by atoms with Crippen molar-refractivity contribution in [3.8, 4) is 0 Å². The summed E-state index contributed by atoms with van der Waals surface area (Å²) < 4.78 is 28.2. The van der Waals surface area contributed by atoms with Gasteiger partial charge in [0.25, 0.3) is 0 Å². The van der Waals surface area contributed by atoms with Crippen molar-refractivity contribution < 1.29 is 17.6 Å². The van der Waals surface area contributed by atoms with Gasteiger partial charge in [-0.2, -0.15) is 0 Å². The Morgan fingerprint density at radius 2 is 2.20 bits per heavy atom. The molecule has 2 rings (SSSR count). The number of nitrogens with zero attached hydrogens (tertiary/aromatic N) is 3.